The topological polar surface area (TPSA) is 55.2 Å². The molecule has 0 saturated heterocycles. The first-order valence-corrected chi connectivity index (χ1v) is 5.13. The van der Waals surface area contributed by atoms with Crippen molar-refractivity contribution in [2.75, 3.05) is 4.90 Å². The molecule has 0 aromatic carbocycles. The molecule has 1 aliphatic heterocycles. The minimum atomic E-state index is -0.287. The summed E-state index contributed by atoms with van der Waals surface area (Å²) in [5, 5.41) is 4.22. The molecule has 1 aromatic rings. The second-order valence-corrected chi connectivity index (χ2v) is 3.79. The summed E-state index contributed by atoms with van der Waals surface area (Å²) >= 11 is 0. The summed E-state index contributed by atoms with van der Waals surface area (Å²) in [5.41, 5.74) is 1.82. The smallest absolute Gasteiger partial charge is 0.261 e. The lowest BCUT2D eigenvalue weighted by atomic mass is 10.2. The van der Waals surface area contributed by atoms with Gasteiger partial charge in [0.2, 0.25) is 0 Å². The molecule has 2 rings (SSSR count). The molecule has 5 nitrogen and oxygen atoms in total. The maximum Gasteiger partial charge on any atom is 0.261 e. The van der Waals surface area contributed by atoms with Crippen LogP contribution >= 0.6 is 0 Å². The van der Waals surface area contributed by atoms with E-state index in [1.165, 1.54) is 11.0 Å². The van der Waals surface area contributed by atoms with Gasteiger partial charge in [0.15, 0.2) is 0 Å². The minimum absolute atomic E-state index is 0.257. The quantitative estimate of drug-likeness (QED) is 0.691. The normalized spacial score (nSPS) is 15.9. The van der Waals surface area contributed by atoms with E-state index in [0.717, 1.165) is 5.69 Å². The summed E-state index contributed by atoms with van der Waals surface area (Å²) in [4.78, 5) is 24.6. The van der Waals surface area contributed by atoms with Crippen molar-refractivity contribution in [3.05, 3.63) is 23.5 Å². The number of nitrogens with zero attached hydrogens (tertiary/aromatic N) is 3. The van der Waals surface area contributed by atoms with Crippen molar-refractivity contribution in [1.82, 2.24) is 9.78 Å². The highest BCUT2D eigenvalue weighted by Crippen LogP contribution is 2.25. The van der Waals surface area contributed by atoms with E-state index in [9.17, 15) is 9.59 Å². The van der Waals surface area contributed by atoms with Crippen LogP contribution in [0, 0.1) is 0 Å². The lowest BCUT2D eigenvalue weighted by Crippen LogP contribution is -2.31. The summed E-state index contributed by atoms with van der Waals surface area (Å²) in [6.45, 7) is 3.58. The van der Waals surface area contributed by atoms with Crippen LogP contribution in [0.15, 0.2) is 17.8 Å². The van der Waals surface area contributed by atoms with Crippen LogP contribution in [-0.4, -0.2) is 21.6 Å². The molecule has 5 heteroatoms. The van der Waals surface area contributed by atoms with E-state index < -0.39 is 0 Å². The molecule has 1 aromatic heterocycles. The first-order valence-electron chi connectivity index (χ1n) is 5.13. The second-order valence-electron chi connectivity index (χ2n) is 3.79. The van der Waals surface area contributed by atoms with Gasteiger partial charge >= 0.3 is 0 Å². The first-order chi connectivity index (χ1) is 7.54. The zero-order valence-electron chi connectivity index (χ0n) is 9.52. The number of rotatable bonds is 2. The van der Waals surface area contributed by atoms with Crippen molar-refractivity contribution in [2.24, 2.45) is 7.05 Å². The van der Waals surface area contributed by atoms with Crippen molar-refractivity contribution in [2.45, 2.75) is 20.3 Å². The fourth-order valence-corrected chi connectivity index (χ4v) is 1.78. The monoisotopic (exact) mass is 219 g/mol. The van der Waals surface area contributed by atoms with Crippen molar-refractivity contribution in [1.29, 1.82) is 0 Å². The van der Waals surface area contributed by atoms with Gasteiger partial charge in [0.05, 0.1) is 11.4 Å². The number of hydrogen-bond acceptors (Lipinski definition) is 3. The van der Waals surface area contributed by atoms with Crippen LogP contribution in [0.5, 0.6) is 0 Å². The maximum absolute atomic E-state index is 11.8. The SMILES string of the molecule is CCc1nn(C)cc1N1C(=O)C=C(C)C1=O. The molecule has 2 amide bonds. The largest absolute Gasteiger partial charge is 0.273 e. The molecule has 0 bridgehead atoms. The first kappa shape index (κ1) is 10.6. The summed E-state index contributed by atoms with van der Waals surface area (Å²) in [5.74, 6) is -0.544. The summed E-state index contributed by atoms with van der Waals surface area (Å²) < 4.78 is 1.61. The van der Waals surface area contributed by atoms with Gasteiger partial charge in [-0.3, -0.25) is 14.3 Å². The van der Waals surface area contributed by atoms with E-state index in [2.05, 4.69) is 5.10 Å². The van der Waals surface area contributed by atoms with Crippen molar-refractivity contribution in [3.63, 3.8) is 0 Å². The average Bonchev–Trinajstić information content (AvgIpc) is 2.69. The lowest BCUT2D eigenvalue weighted by Gasteiger charge is -2.13. The van der Waals surface area contributed by atoms with Gasteiger partial charge in [-0.1, -0.05) is 6.92 Å². The highest BCUT2D eigenvalue weighted by molar-refractivity contribution is 6.30. The van der Waals surface area contributed by atoms with Gasteiger partial charge < -0.3 is 0 Å². The number of aromatic nitrogens is 2. The molecule has 1 aliphatic rings. The molecule has 0 N–H and O–H groups in total. The third kappa shape index (κ3) is 1.44. The van der Waals surface area contributed by atoms with E-state index in [4.69, 9.17) is 0 Å². The predicted molar refractivity (Wildman–Crippen MR) is 58.8 cm³/mol. The average molecular weight is 219 g/mol. The molecular weight excluding hydrogens is 206 g/mol. The molecular formula is C11H13N3O2. The van der Waals surface area contributed by atoms with Gasteiger partial charge in [0.25, 0.3) is 11.8 Å². The van der Waals surface area contributed by atoms with Crippen LogP contribution in [-0.2, 0) is 23.1 Å². The molecule has 0 fully saturated rings. The molecule has 16 heavy (non-hydrogen) atoms. The minimum Gasteiger partial charge on any atom is -0.273 e. The number of aryl methyl sites for hydroxylation is 2. The van der Waals surface area contributed by atoms with Gasteiger partial charge in [-0.15, -0.1) is 0 Å². The van der Waals surface area contributed by atoms with Crippen molar-refractivity contribution >= 4 is 17.5 Å². The van der Waals surface area contributed by atoms with Crippen LogP contribution < -0.4 is 4.90 Å². The summed E-state index contributed by atoms with van der Waals surface area (Å²) in [7, 11) is 1.77. The van der Waals surface area contributed by atoms with Crippen LogP contribution in [0.4, 0.5) is 5.69 Å². The van der Waals surface area contributed by atoms with E-state index >= 15 is 0 Å². The molecule has 0 spiro atoms. The number of imide groups is 1. The van der Waals surface area contributed by atoms with Crippen molar-refractivity contribution in [3.8, 4) is 0 Å². The molecule has 0 radical (unpaired) electrons. The van der Waals surface area contributed by atoms with Gasteiger partial charge in [-0.05, 0) is 13.3 Å². The highest BCUT2D eigenvalue weighted by Gasteiger charge is 2.32. The number of anilines is 1. The molecule has 0 atom stereocenters. The van der Waals surface area contributed by atoms with Crippen LogP contribution in [0.25, 0.3) is 0 Å². The Morgan fingerprint density at radius 3 is 2.56 bits per heavy atom. The second kappa shape index (κ2) is 3.59. The number of amides is 2. The fraction of sp³-hybridized carbons (Fsp3) is 0.364. The Hall–Kier alpha value is -1.91. The van der Waals surface area contributed by atoms with Gasteiger partial charge in [0, 0.05) is 24.9 Å². The van der Waals surface area contributed by atoms with E-state index in [0.29, 0.717) is 17.7 Å². The Balaban J connectivity index is 2.46. The van der Waals surface area contributed by atoms with Crippen LogP contribution in [0.3, 0.4) is 0 Å². The molecule has 2 heterocycles. The predicted octanol–water partition coefficient (Wildman–Crippen LogP) is 0.802. The molecule has 0 saturated carbocycles. The number of carbonyl (C=O) groups is 2. The third-order valence-electron chi connectivity index (χ3n) is 2.56. The summed E-state index contributed by atoms with van der Waals surface area (Å²) in [6.07, 6.45) is 3.74. The Labute approximate surface area is 93.3 Å². The van der Waals surface area contributed by atoms with Gasteiger partial charge in [0.1, 0.15) is 0 Å². The number of carbonyl (C=O) groups excluding carboxylic acids is 2. The van der Waals surface area contributed by atoms with Crippen molar-refractivity contribution < 1.29 is 9.59 Å². The zero-order valence-corrected chi connectivity index (χ0v) is 9.52. The van der Waals surface area contributed by atoms with E-state index in [1.54, 1.807) is 24.9 Å². The Morgan fingerprint density at radius 1 is 1.38 bits per heavy atom. The third-order valence-corrected chi connectivity index (χ3v) is 2.56. The standard InChI is InChI=1S/C11H13N3O2/c1-4-8-9(6-13(3)12-8)14-10(15)5-7(2)11(14)16/h5-6H,4H2,1-3H3. The number of hydrogen-bond donors (Lipinski definition) is 0. The van der Waals surface area contributed by atoms with E-state index in [-0.39, 0.29) is 11.8 Å². The molecule has 0 unspecified atom stereocenters. The maximum atomic E-state index is 11.8. The van der Waals surface area contributed by atoms with Crippen LogP contribution in [0.2, 0.25) is 0 Å². The zero-order chi connectivity index (χ0) is 11.9. The fourth-order valence-electron chi connectivity index (χ4n) is 1.78. The lowest BCUT2D eigenvalue weighted by molar-refractivity contribution is -0.120. The van der Waals surface area contributed by atoms with E-state index in [1.807, 2.05) is 6.92 Å². The molecule has 0 aliphatic carbocycles. The highest BCUT2D eigenvalue weighted by atomic mass is 16.2. The summed E-state index contributed by atoms with van der Waals surface area (Å²) in [6, 6.07) is 0. The Bertz CT molecular complexity index is 499. The van der Waals surface area contributed by atoms with Gasteiger partial charge in [-0.25, -0.2) is 4.90 Å². The van der Waals surface area contributed by atoms with Gasteiger partial charge in [-0.2, -0.15) is 5.10 Å². The Kier molecular flexibility index (Phi) is 2.38. The molecule has 84 valence electrons. The van der Waals surface area contributed by atoms with Crippen LogP contribution in [0.1, 0.15) is 19.5 Å². The Morgan fingerprint density at radius 2 is 2.06 bits per heavy atom.